The first-order chi connectivity index (χ1) is 8.47. The molecule has 3 heteroatoms. The lowest BCUT2D eigenvalue weighted by Gasteiger charge is -2.26. The van der Waals surface area contributed by atoms with Gasteiger partial charge in [0.15, 0.2) is 0 Å². The Morgan fingerprint density at radius 1 is 1.33 bits per heavy atom. The molecule has 0 saturated carbocycles. The molecule has 0 saturated heterocycles. The molecular weight excluding hydrogens is 224 g/mol. The van der Waals surface area contributed by atoms with Crippen LogP contribution in [0.4, 0.5) is 0 Å². The maximum absolute atomic E-state index is 9.29. The van der Waals surface area contributed by atoms with Crippen LogP contribution in [0, 0.1) is 11.8 Å². The van der Waals surface area contributed by atoms with Crippen LogP contribution in [0.5, 0.6) is 0 Å². The van der Waals surface area contributed by atoms with Crippen LogP contribution in [0.25, 0.3) is 0 Å². The highest BCUT2D eigenvalue weighted by molar-refractivity contribution is 5.14. The zero-order valence-electron chi connectivity index (χ0n) is 12.0. The van der Waals surface area contributed by atoms with E-state index in [1.807, 2.05) is 18.3 Å². The lowest BCUT2D eigenvalue weighted by molar-refractivity contribution is 0.184. The van der Waals surface area contributed by atoms with Gasteiger partial charge in [0.05, 0.1) is 0 Å². The molecule has 1 aromatic rings. The molecule has 0 spiro atoms. The minimum Gasteiger partial charge on any atom is -0.396 e. The van der Waals surface area contributed by atoms with E-state index >= 15 is 0 Å². The monoisotopic (exact) mass is 250 g/mol. The van der Waals surface area contributed by atoms with E-state index in [1.54, 1.807) is 0 Å². The Bertz CT molecular complexity index is 336. The zero-order valence-corrected chi connectivity index (χ0v) is 12.0. The van der Waals surface area contributed by atoms with E-state index in [9.17, 15) is 5.11 Å². The van der Waals surface area contributed by atoms with E-state index in [1.165, 1.54) is 0 Å². The predicted molar refractivity (Wildman–Crippen MR) is 75.5 cm³/mol. The van der Waals surface area contributed by atoms with Crippen molar-refractivity contribution in [2.45, 2.75) is 33.1 Å². The second-order valence-corrected chi connectivity index (χ2v) is 5.92. The molecule has 1 heterocycles. The van der Waals surface area contributed by atoms with Crippen molar-refractivity contribution in [3.8, 4) is 0 Å². The van der Waals surface area contributed by atoms with Crippen molar-refractivity contribution in [2.75, 3.05) is 19.7 Å². The summed E-state index contributed by atoms with van der Waals surface area (Å²) in [5, 5.41) is 12.7. The highest BCUT2D eigenvalue weighted by Crippen LogP contribution is 2.19. The van der Waals surface area contributed by atoms with E-state index in [0.717, 1.165) is 18.8 Å². The first-order valence-electron chi connectivity index (χ1n) is 6.70. The van der Waals surface area contributed by atoms with E-state index in [4.69, 9.17) is 0 Å². The van der Waals surface area contributed by atoms with Crippen LogP contribution in [0.1, 0.15) is 33.4 Å². The minimum atomic E-state index is 0.0121. The van der Waals surface area contributed by atoms with Gasteiger partial charge >= 0.3 is 0 Å². The molecule has 1 unspecified atom stereocenters. The summed E-state index contributed by atoms with van der Waals surface area (Å²) < 4.78 is 0. The quantitative estimate of drug-likeness (QED) is 0.780. The third-order valence-corrected chi connectivity index (χ3v) is 3.51. The Hall–Kier alpha value is -0.930. The van der Waals surface area contributed by atoms with Crippen LogP contribution in [-0.2, 0) is 5.41 Å². The second kappa shape index (κ2) is 6.86. The smallest absolute Gasteiger partial charge is 0.0473 e. The second-order valence-electron chi connectivity index (χ2n) is 5.92. The Kier molecular flexibility index (Phi) is 5.76. The third-order valence-electron chi connectivity index (χ3n) is 3.51. The molecule has 0 aliphatic rings. The standard InChI is InChI=1S/C15H26N2O/c1-12(2)13(10-18)9-16-11-15(3,4)14-7-5-6-8-17-14/h5-8,12-13,16,18H,9-11H2,1-4H3. The fourth-order valence-corrected chi connectivity index (χ4v) is 1.93. The lowest BCUT2D eigenvalue weighted by Crippen LogP contribution is -2.38. The first-order valence-corrected chi connectivity index (χ1v) is 6.70. The van der Waals surface area contributed by atoms with Crippen molar-refractivity contribution in [1.29, 1.82) is 0 Å². The number of aromatic nitrogens is 1. The molecule has 0 radical (unpaired) electrons. The maximum atomic E-state index is 9.29. The van der Waals surface area contributed by atoms with E-state index in [0.29, 0.717) is 11.8 Å². The summed E-state index contributed by atoms with van der Waals surface area (Å²) in [6, 6.07) is 6.02. The summed E-state index contributed by atoms with van der Waals surface area (Å²) in [4.78, 5) is 4.41. The Morgan fingerprint density at radius 2 is 2.06 bits per heavy atom. The average Bonchev–Trinajstić information content (AvgIpc) is 2.35. The fraction of sp³-hybridized carbons (Fsp3) is 0.667. The molecule has 0 aliphatic carbocycles. The van der Waals surface area contributed by atoms with Gasteiger partial charge in [-0.2, -0.15) is 0 Å². The highest BCUT2D eigenvalue weighted by Gasteiger charge is 2.22. The Labute approximate surface area is 111 Å². The molecule has 2 N–H and O–H groups in total. The van der Waals surface area contributed by atoms with Gasteiger partial charge in [-0.25, -0.2) is 0 Å². The summed E-state index contributed by atoms with van der Waals surface area (Å²) in [7, 11) is 0. The zero-order chi connectivity index (χ0) is 13.6. The predicted octanol–water partition coefficient (Wildman–Crippen LogP) is 2.21. The number of aliphatic hydroxyl groups excluding tert-OH is 1. The number of nitrogens with zero attached hydrogens (tertiary/aromatic N) is 1. The van der Waals surface area contributed by atoms with Gasteiger partial charge in [0.25, 0.3) is 0 Å². The molecule has 0 fully saturated rings. The molecule has 18 heavy (non-hydrogen) atoms. The molecule has 102 valence electrons. The number of aliphatic hydroxyl groups is 1. The van der Waals surface area contributed by atoms with Gasteiger partial charge in [-0.15, -0.1) is 0 Å². The SMILES string of the molecule is CC(C)C(CO)CNCC(C)(C)c1ccccn1. The van der Waals surface area contributed by atoms with Crippen molar-refractivity contribution >= 4 is 0 Å². The van der Waals surface area contributed by atoms with Crippen molar-refractivity contribution in [3.05, 3.63) is 30.1 Å². The molecular formula is C15H26N2O. The van der Waals surface area contributed by atoms with E-state index in [-0.39, 0.29) is 12.0 Å². The molecule has 1 aromatic heterocycles. The highest BCUT2D eigenvalue weighted by atomic mass is 16.3. The summed E-state index contributed by atoms with van der Waals surface area (Å²) in [5.74, 6) is 0.824. The first kappa shape index (κ1) is 15.1. The number of pyridine rings is 1. The number of hydrogen-bond acceptors (Lipinski definition) is 3. The van der Waals surface area contributed by atoms with Gasteiger partial charge < -0.3 is 10.4 Å². The molecule has 0 aliphatic heterocycles. The topological polar surface area (TPSA) is 45.1 Å². The Morgan fingerprint density at radius 3 is 2.56 bits per heavy atom. The van der Waals surface area contributed by atoms with Crippen molar-refractivity contribution in [2.24, 2.45) is 11.8 Å². The molecule has 0 bridgehead atoms. The van der Waals surface area contributed by atoms with Crippen LogP contribution in [0.2, 0.25) is 0 Å². The van der Waals surface area contributed by atoms with Crippen LogP contribution in [0.3, 0.4) is 0 Å². The van der Waals surface area contributed by atoms with Crippen molar-refractivity contribution in [3.63, 3.8) is 0 Å². The molecule has 3 nitrogen and oxygen atoms in total. The van der Waals surface area contributed by atoms with Gasteiger partial charge in [-0.05, 0) is 24.0 Å². The molecule has 0 aromatic carbocycles. The van der Waals surface area contributed by atoms with Gasteiger partial charge in [0, 0.05) is 37.0 Å². The van der Waals surface area contributed by atoms with Crippen LogP contribution >= 0.6 is 0 Å². The van der Waals surface area contributed by atoms with Crippen molar-refractivity contribution in [1.82, 2.24) is 10.3 Å². The number of nitrogens with one attached hydrogen (secondary N) is 1. The third kappa shape index (κ3) is 4.39. The normalized spacial score (nSPS) is 13.9. The van der Waals surface area contributed by atoms with Crippen LogP contribution in [0.15, 0.2) is 24.4 Å². The van der Waals surface area contributed by atoms with Crippen molar-refractivity contribution < 1.29 is 5.11 Å². The van der Waals surface area contributed by atoms with E-state index in [2.05, 4.69) is 44.1 Å². The van der Waals surface area contributed by atoms with Gasteiger partial charge in [-0.1, -0.05) is 33.8 Å². The molecule has 0 amide bonds. The maximum Gasteiger partial charge on any atom is 0.0473 e. The summed E-state index contributed by atoms with van der Waals surface area (Å²) in [6.07, 6.45) is 1.84. The average molecular weight is 250 g/mol. The Balaban J connectivity index is 2.47. The minimum absolute atomic E-state index is 0.0121. The molecule has 1 atom stereocenters. The molecule has 1 rings (SSSR count). The van der Waals surface area contributed by atoms with E-state index < -0.39 is 0 Å². The fourth-order valence-electron chi connectivity index (χ4n) is 1.93. The van der Waals surface area contributed by atoms with Crippen LogP contribution < -0.4 is 5.32 Å². The number of hydrogen-bond donors (Lipinski definition) is 2. The number of rotatable bonds is 7. The lowest BCUT2D eigenvalue weighted by atomic mass is 9.88. The van der Waals surface area contributed by atoms with Gasteiger partial charge in [0.1, 0.15) is 0 Å². The summed E-state index contributed by atoms with van der Waals surface area (Å²) in [5.41, 5.74) is 1.11. The van der Waals surface area contributed by atoms with Gasteiger partial charge in [-0.3, -0.25) is 4.98 Å². The van der Waals surface area contributed by atoms with Gasteiger partial charge in [0.2, 0.25) is 0 Å². The summed E-state index contributed by atoms with van der Waals surface area (Å²) >= 11 is 0. The summed E-state index contributed by atoms with van der Waals surface area (Å²) in [6.45, 7) is 10.6. The van der Waals surface area contributed by atoms with Crippen LogP contribution in [-0.4, -0.2) is 29.8 Å². The largest absolute Gasteiger partial charge is 0.396 e.